The van der Waals surface area contributed by atoms with Gasteiger partial charge in [0.25, 0.3) is 0 Å². The van der Waals surface area contributed by atoms with E-state index >= 15 is 0 Å². The van der Waals surface area contributed by atoms with Crippen LogP contribution in [0.25, 0.3) is 0 Å². The number of benzene rings is 4. The highest BCUT2D eigenvalue weighted by Crippen LogP contribution is 2.28. The Bertz CT molecular complexity index is 1350. The molecule has 0 N–H and O–H groups in total. The number of rotatable bonds is 8. The van der Waals surface area contributed by atoms with E-state index in [2.05, 4.69) is 9.98 Å². The Balaban J connectivity index is 1.54. The van der Waals surface area contributed by atoms with Gasteiger partial charge < -0.3 is 18.9 Å². The van der Waals surface area contributed by atoms with E-state index in [0.29, 0.717) is 45.8 Å². The molecule has 0 saturated carbocycles. The molecule has 0 bridgehead atoms. The minimum atomic E-state index is -0.107. The zero-order valence-electron chi connectivity index (χ0n) is 21.7. The van der Waals surface area contributed by atoms with Crippen LogP contribution in [0.5, 0.6) is 11.5 Å². The summed E-state index contributed by atoms with van der Waals surface area (Å²) in [5.74, 6) is 2.01. The summed E-state index contributed by atoms with van der Waals surface area (Å²) in [7, 11) is 6.30. The third kappa shape index (κ3) is 5.90. The molecule has 0 aliphatic carbocycles. The van der Waals surface area contributed by atoms with Gasteiger partial charge in [-0.05, 0) is 48.5 Å². The van der Waals surface area contributed by atoms with Gasteiger partial charge in [-0.1, -0.05) is 48.5 Å². The van der Waals surface area contributed by atoms with Gasteiger partial charge in [-0.3, -0.25) is 4.79 Å². The molecule has 0 amide bonds. The molecular formula is C31H28N2O5. The van der Waals surface area contributed by atoms with E-state index in [9.17, 15) is 4.79 Å². The van der Waals surface area contributed by atoms with Crippen molar-refractivity contribution in [2.75, 3.05) is 28.4 Å². The van der Waals surface area contributed by atoms with Crippen LogP contribution in [0.3, 0.4) is 0 Å². The van der Waals surface area contributed by atoms with Gasteiger partial charge in [-0.15, -0.1) is 0 Å². The standard InChI is InChI=1S/C31H28N2O5/c1-35-27-11-7-5-9-25(27)32-30(37-3)23-17-13-21(14-18-23)29(34)22-15-19-24(20-16-22)31(38-4)33-26-10-6-8-12-28(26)36-2/h5-20H,1-4H3. The molecular weight excluding hydrogens is 480 g/mol. The summed E-state index contributed by atoms with van der Waals surface area (Å²) < 4.78 is 21.7. The quantitative estimate of drug-likeness (QED) is 0.157. The molecule has 38 heavy (non-hydrogen) atoms. The first-order chi connectivity index (χ1) is 18.6. The van der Waals surface area contributed by atoms with Crippen molar-refractivity contribution in [1.29, 1.82) is 0 Å². The second kappa shape index (κ2) is 12.4. The lowest BCUT2D eigenvalue weighted by Crippen LogP contribution is -2.07. The number of carbonyl (C=O) groups is 1. The number of para-hydroxylation sites is 4. The molecule has 0 aliphatic rings. The molecule has 4 rings (SSSR count). The van der Waals surface area contributed by atoms with Crippen molar-refractivity contribution >= 4 is 29.0 Å². The minimum Gasteiger partial charge on any atom is -0.494 e. The zero-order valence-corrected chi connectivity index (χ0v) is 21.7. The van der Waals surface area contributed by atoms with Crippen molar-refractivity contribution in [3.05, 3.63) is 119 Å². The summed E-state index contributed by atoms with van der Waals surface area (Å²) in [6.45, 7) is 0. The molecule has 0 fully saturated rings. The molecule has 4 aromatic rings. The number of hydrogen-bond donors (Lipinski definition) is 0. The lowest BCUT2D eigenvalue weighted by molar-refractivity contribution is 0.103. The molecule has 0 spiro atoms. The highest BCUT2D eigenvalue weighted by atomic mass is 16.5. The van der Waals surface area contributed by atoms with Gasteiger partial charge in [-0.2, -0.15) is 0 Å². The average Bonchev–Trinajstić information content (AvgIpc) is 2.99. The SMILES string of the molecule is COC(=Nc1ccccc1OC)c1ccc(C(=O)c2ccc(C(=Nc3ccccc3OC)OC)cc2)cc1. The first-order valence-corrected chi connectivity index (χ1v) is 11.8. The summed E-state index contributed by atoms with van der Waals surface area (Å²) in [5.41, 5.74) is 3.87. The average molecular weight is 509 g/mol. The number of ether oxygens (including phenoxy) is 4. The number of hydrogen-bond acceptors (Lipinski definition) is 7. The molecule has 192 valence electrons. The molecule has 0 radical (unpaired) electrons. The Labute approximate surface area is 222 Å². The van der Waals surface area contributed by atoms with E-state index in [1.807, 2.05) is 72.8 Å². The van der Waals surface area contributed by atoms with Crippen LogP contribution in [0.1, 0.15) is 27.0 Å². The van der Waals surface area contributed by atoms with Gasteiger partial charge in [-0.25, -0.2) is 9.98 Å². The third-order valence-electron chi connectivity index (χ3n) is 5.79. The fraction of sp³-hybridized carbons (Fsp3) is 0.129. The predicted octanol–water partition coefficient (Wildman–Crippen LogP) is 6.38. The van der Waals surface area contributed by atoms with Gasteiger partial charge in [0, 0.05) is 22.3 Å². The van der Waals surface area contributed by atoms with Gasteiger partial charge >= 0.3 is 0 Å². The number of nitrogens with zero attached hydrogens (tertiary/aromatic N) is 2. The third-order valence-corrected chi connectivity index (χ3v) is 5.79. The maximum Gasteiger partial charge on any atom is 0.221 e. The fourth-order valence-electron chi connectivity index (χ4n) is 3.81. The Morgan fingerprint density at radius 3 is 1.18 bits per heavy atom. The van der Waals surface area contributed by atoms with Crippen molar-refractivity contribution in [2.24, 2.45) is 9.98 Å². The van der Waals surface area contributed by atoms with Crippen LogP contribution < -0.4 is 9.47 Å². The minimum absolute atomic E-state index is 0.107. The molecule has 0 aliphatic heterocycles. The molecule has 0 saturated heterocycles. The van der Waals surface area contributed by atoms with Gasteiger partial charge in [0.05, 0.1) is 28.4 Å². The molecule has 7 nitrogen and oxygen atoms in total. The van der Waals surface area contributed by atoms with Crippen LogP contribution in [-0.4, -0.2) is 46.0 Å². The molecule has 0 aromatic heterocycles. The lowest BCUT2D eigenvalue weighted by Gasteiger charge is -2.10. The largest absolute Gasteiger partial charge is 0.494 e. The van der Waals surface area contributed by atoms with Gasteiger partial charge in [0.15, 0.2) is 5.78 Å². The Morgan fingerprint density at radius 1 is 0.500 bits per heavy atom. The maximum absolute atomic E-state index is 13.1. The van der Waals surface area contributed by atoms with Crippen LogP contribution in [0, 0.1) is 0 Å². The highest BCUT2D eigenvalue weighted by Gasteiger charge is 2.13. The smallest absolute Gasteiger partial charge is 0.221 e. The van der Waals surface area contributed by atoms with E-state index < -0.39 is 0 Å². The van der Waals surface area contributed by atoms with Crippen LogP contribution in [0.2, 0.25) is 0 Å². The summed E-state index contributed by atoms with van der Waals surface area (Å²) in [6, 6.07) is 29.1. The topological polar surface area (TPSA) is 78.7 Å². The normalized spacial score (nSPS) is 11.6. The monoisotopic (exact) mass is 508 g/mol. The number of aliphatic imine (C=N–C) groups is 2. The van der Waals surface area contributed by atoms with E-state index in [1.54, 1.807) is 52.7 Å². The summed E-state index contributed by atoms with van der Waals surface area (Å²) in [4.78, 5) is 22.3. The molecule has 0 heterocycles. The second-order valence-electron chi connectivity index (χ2n) is 8.07. The van der Waals surface area contributed by atoms with Gasteiger partial charge in [0.1, 0.15) is 22.9 Å². The fourth-order valence-corrected chi connectivity index (χ4v) is 3.81. The molecule has 4 aromatic carbocycles. The van der Waals surface area contributed by atoms with E-state index in [0.717, 1.165) is 11.1 Å². The second-order valence-corrected chi connectivity index (χ2v) is 8.07. The van der Waals surface area contributed by atoms with Crippen molar-refractivity contribution < 1.29 is 23.7 Å². The first-order valence-electron chi connectivity index (χ1n) is 11.8. The summed E-state index contributed by atoms with van der Waals surface area (Å²) >= 11 is 0. The molecule has 0 unspecified atom stereocenters. The van der Waals surface area contributed by atoms with Crippen molar-refractivity contribution in [2.45, 2.75) is 0 Å². The summed E-state index contributed by atoms with van der Waals surface area (Å²) in [5, 5.41) is 0. The predicted molar refractivity (Wildman–Crippen MR) is 149 cm³/mol. The lowest BCUT2D eigenvalue weighted by atomic mass is 10.0. The van der Waals surface area contributed by atoms with E-state index in [-0.39, 0.29) is 5.78 Å². The zero-order chi connectivity index (χ0) is 26.9. The Kier molecular flexibility index (Phi) is 8.51. The summed E-state index contributed by atoms with van der Waals surface area (Å²) in [6.07, 6.45) is 0. The first kappa shape index (κ1) is 26.2. The van der Waals surface area contributed by atoms with Crippen LogP contribution >= 0.6 is 0 Å². The van der Waals surface area contributed by atoms with Crippen molar-refractivity contribution in [1.82, 2.24) is 0 Å². The highest BCUT2D eigenvalue weighted by molar-refractivity contribution is 6.10. The number of methoxy groups -OCH3 is 4. The van der Waals surface area contributed by atoms with Crippen LogP contribution in [0.4, 0.5) is 11.4 Å². The van der Waals surface area contributed by atoms with E-state index in [1.165, 1.54) is 0 Å². The molecule has 7 heteroatoms. The van der Waals surface area contributed by atoms with Crippen molar-refractivity contribution in [3.63, 3.8) is 0 Å². The maximum atomic E-state index is 13.1. The van der Waals surface area contributed by atoms with Crippen LogP contribution in [-0.2, 0) is 9.47 Å². The van der Waals surface area contributed by atoms with Gasteiger partial charge in [0.2, 0.25) is 11.8 Å². The Morgan fingerprint density at radius 2 is 0.842 bits per heavy atom. The van der Waals surface area contributed by atoms with Crippen molar-refractivity contribution in [3.8, 4) is 11.5 Å². The molecule has 0 atom stereocenters. The number of carbonyl (C=O) groups excluding carboxylic acids is 1. The van der Waals surface area contributed by atoms with Crippen LogP contribution in [0.15, 0.2) is 107 Å². The van der Waals surface area contributed by atoms with E-state index in [4.69, 9.17) is 18.9 Å². The Hall–Kier alpha value is -4.91. The number of ketones is 1.